The highest BCUT2D eigenvalue weighted by atomic mass is 16.5. The molecule has 1 fully saturated rings. The van der Waals surface area contributed by atoms with Crippen molar-refractivity contribution < 1.29 is 9.84 Å². The lowest BCUT2D eigenvalue weighted by Gasteiger charge is -2.23. The number of phenolic OH excluding ortho intramolecular Hbond substituents is 1. The van der Waals surface area contributed by atoms with E-state index in [1.54, 1.807) is 12.1 Å². The number of rotatable bonds is 3. The van der Waals surface area contributed by atoms with Gasteiger partial charge in [0.05, 0.1) is 0 Å². The van der Waals surface area contributed by atoms with Gasteiger partial charge in [0, 0.05) is 25.8 Å². The average Bonchev–Trinajstić information content (AvgIpc) is 2.30. The van der Waals surface area contributed by atoms with Crippen molar-refractivity contribution in [1.29, 1.82) is 0 Å². The van der Waals surface area contributed by atoms with Gasteiger partial charge in [-0.3, -0.25) is 0 Å². The van der Waals surface area contributed by atoms with Crippen LogP contribution in [0, 0.1) is 0 Å². The second-order valence-corrected chi connectivity index (χ2v) is 3.93. The Hall–Kier alpha value is -1.06. The molecule has 1 saturated heterocycles. The Morgan fingerprint density at radius 1 is 1.20 bits per heavy atom. The summed E-state index contributed by atoms with van der Waals surface area (Å²) in [5.41, 5.74) is 1.21. The fourth-order valence-electron chi connectivity index (χ4n) is 1.78. The van der Waals surface area contributed by atoms with Gasteiger partial charge in [-0.2, -0.15) is 0 Å². The molecule has 1 aromatic carbocycles. The van der Waals surface area contributed by atoms with E-state index in [1.165, 1.54) is 5.56 Å². The lowest BCUT2D eigenvalue weighted by Crippen LogP contribution is -2.34. The summed E-state index contributed by atoms with van der Waals surface area (Å²) in [7, 11) is 0. The third-order valence-corrected chi connectivity index (χ3v) is 2.75. The summed E-state index contributed by atoms with van der Waals surface area (Å²) in [6.45, 7) is 2.60. The molecule has 0 aromatic heterocycles. The summed E-state index contributed by atoms with van der Waals surface area (Å²) in [6, 6.07) is 7.92. The van der Waals surface area contributed by atoms with Gasteiger partial charge in [-0.05, 0) is 30.5 Å². The zero-order valence-corrected chi connectivity index (χ0v) is 8.78. The van der Waals surface area contributed by atoms with Crippen molar-refractivity contribution in [3.63, 3.8) is 0 Å². The first-order valence-corrected chi connectivity index (χ1v) is 5.43. The highest BCUT2D eigenvalue weighted by molar-refractivity contribution is 5.25. The van der Waals surface area contributed by atoms with Crippen molar-refractivity contribution in [3.05, 3.63) is 29.8 Å². The van der Waals surface area contributed by atoms with Gasteiger partial charge >= 0.3 is 0 Å². The third-order valence-electron chi connectivity index (χ3n) is 2.75. The second-order valence-electron chi connectivity index (χ2n) is 3.93. The van der Waals surface area contributed by atoms with Crippen LogP contribution < -0.4 is 5.32 Å². The van der Waals surface area contributed by atoms with Gasteiger partial charge in [0.1, 0.15) is 5.75 Å². The standard InChI is InChI=1S/C12H17NO2/c14-12-3-1-10(2-4-12)9-13-11-5-7-15-8-6-11/h1-4,11,13-14H,5-9H2. The monoisotopic (exact) mass is 207 g/mol. The van der Waals surface area contributed by atoms with Gasteiger partial charge in [-0.15, -0.1) is 0 Å². The highest BCUT2D eigenvalue weighted by Crippen LogP contribution is 2.11. The van der Waals surface area contributed by atoms with E-state index in [0.29, 0.717) is 11.8 Å². The average molecular weight is 207 g/mol. The van der Waals surface area contributed by atoms with E-state index in [9.17, 15) is 0 Å². The molecule has 15 heavy (non-hydrogen) atoms. The Balaban J connectivity index is 1.79. The quantitative estimate of drug-likeness (QED) is 0.792. The zero-order valence-electron chi connectivity index (χ0n) is 8.78. The Morgan fingerprint density at radius 3 is 2.53 bits per heavy atom. The van der Waals surface area contributed by atoms with E-state index >= 15 is 0 Å². The number of phenols is 1. The maximum atomic E-state index is 9.14. The molecule has 0 spiro atoms. The van der Waals surface area contributed by atoms with E-state index in [-0.39, 0.29) is 0 Å². The van der Waals surface area contributed by atoms with Crippen molar-refractivity contribution in [2.24, 2.45) is 0 Å². The number of benzene rings is 1. The Labute approximate surface area is 90.1 Å². The van der Waals surface area contributed by atoms with Gasteiger partial charge in [0.2, 0.25) is 0 Å². The van der Waals surface area contributed by atoms with Crippen molar-refractivity contribution in [1.82, 2.24) is 5.32 Å². The van der Waals surface area contributed by atoms with Crippen LogP contribution in [0.2, 0.25) is 0 Å². The van der Waals surface area contributed by atoms with E-state index in [1.807, 2.05) is 12.1 Å². The Morgan fingerprint density at radius 2 is 1.87 bits per heavy atom. The molecule has 0 aliphatic carbocycles. The number of hydrogen-bond acceptors (Lipinski definition) is 3. The summed E-state index contributed by atoms with van der Waals surface area (Å²) in [4.78, 5) is 0. The van der Waals surface area contributed by atoms with E-state index in [0.717, 1.165) is 32.6 Å². The van der Waals surface area contributed by atoms with E-state index < -0.39 is 0 Å². The van der Waals surface area contributed by atoms with Crippen LogP contribution in [0.1, 0.15) is 18.4 Å². The first-order chi connectivity index (χ1) is 7.34. The Kier molecular flexibility index (Phi) is 3.59. The molecule has 0 atom stereocenters. The molecule has 1 aliphatic rings. The number of nitrogens with one attached hydrogen (secondary N) is 1. The molecule has 1 heterocycles. The summed E-state index contributed by atoms with van der Waals surface area (Å²) < 4.78 is 5.29. The molecule has 1 aromatic rings. The predicted octanol–water partition coefficient (Wildman–Crippen LogP) is 1.66. The SMILES string of the molecule is Oc1ccc(CNC2CCOCC2)cc1. The smallest absolute Gasteiger partial charge is 0.115 e. The van der Waals surface area contributed by atoms with Gasteiger partial charge in [-0.1, -0.05) is 12.1 Å². The van der Waals surface area contributed by atoms with Gasteiger partial charge in [0.15, 0.2) is 0 Å². The molecule has 0 saturated carbocycles. The van der Waals surface area contributed by atoms with Crippen LogP contribution in [0.4, 0.5) is 0 Å². The second kappa shape index (κ2) is 5.14. The number of ether oxygens (including phenoxy) is 1. The molecule has 2 N–H and O–H groups in total. The summed E-state index contributed by atoms with van der Waals surface area (Å²) in [5.74, 6) is 0.324. The molecule has 2 rings (SSSR count). The van der Waals surface area contributed by atoms with E-state index in [2.05, 4.69) is 5.32 Å². The van der Waals surface area contributed by atoms with Crippen molar-refractivity contribution in [3.8, 4) is 5.75 Å². The largest absolute Gasteiger partial charge is 0.508 e. The van der Waals surface area contributed by atoms with Crippen LogP contribution in [-0.4, -0.2) is 24.4 Å². The topological polar surface area (TPSA) is 41.5 Å². The minimum absolute atomic E-state index is 0.324. The fourth-order valence-corrected chi connectivity index (χ4v) is 1.78. The molecular weight excluding hydrogens is 190 g/mol. The molecule has 1 aliphatic heterocycles. The van der Waals surface area contributed by atoms with Crippen LogP contribution in [0.25, 0.3) is 0 Å². The molecular formula is C12H17NO2. The summed E-state index contributed by atoms with van der Waals surface area (Å²) >= 11 is 0. The fraction of sp³-hybridized carbons (Fsp3) is 0.500. The number of aromatic hydroxyl groups is 1. The highest BCUT2D eigenvalue weighted by Gasteiger charge is 2.12. The number of hydrogen-bond donors (Lipinski definition) is 2. The molecule has 3 heteroatoms. The van der Waals surface area contributed by atoms with Gasteiger partial charge in [-0.25, -0.2) is 0 Å². The maximum absolute atomic E-state index is 9.14. The molecule has 0 amide bonds. The lowest BCUT2D eigenvalue weighted by atomic mass is 10.1. The van der Waals surface area contributed by atoms with Crippen LogP contribution in [0.3, 0.4) is 0 Å². The van der Waals surface area contributed by atoms with Crippen molar-refractivity contribution in [2.75, 3.05) is 13.2 Å². The van der Waals surface area contributed by atoms with Gasteiger partial charge < -0.3 is 15.2 Å². The van der Waals surface area contributed by atoms with Crippen LogP contribution >= 0.6 is 0 Å². The third kappa shape index (κ3) is 3.22. The first-order valence-electron chi connectivity index (χ1n) is 5.43. The minimum atomic E-state index is 0.324. The Bertz CT molecular complexity index is 291. The maximum Gasteiger partial charge on any atom is 0.115 e. The zero-order chi connectivity index (χ0) is 10.5. The van der Waals surface area contributed by atoms with Crippen LogP contribution in [0.5, 0.6) is 5.75 Å². The molecule has 3 nitrogen and oxygen atoms in total. The normalized spacial score (nSPS) is 17.9. The lowest BCUT2D eigenvalue weighted by molar-refractivity contribution is 0.0776. The van der Waals surface area contributed by atoms with Crippen LogP contribution in [-0.2, 0) is 11.3 Å². The van der Waals surface area contributed by atoms with Crippen molar-refractivity contribution in [2.45, 2.75) is 25.4 Å². The molecule has 82 valence electrons. The van der Waals surface area contributed by atoms with Crippen molar-refractivity contribution >= 4 is 0 Å². The van der Waals surface area contributed by atoms with Crippen LogP contribution in [0.15, 0.2) is 24.3 Å². The van der Waals surface area contributed by atoms with E-state index in [4.69, 9.17) is 9.84 Å². The first kappa shape index (κ1) is 10.5. The molecule has 0 radical (unpaired) electrons. The summed E-state index contributed by atoms with van der Waals surface area (Å²) in [6.07, 6.45) is 2.19. The predicted molar refractivity (Wildman–Crippen MR) is 58.8 cm³/mol. The molecule has 0 unspecified atom stereocenters. The molecule has 0 bridgehead atoms. The summed E-state index contributed by atoms with van der Waals surface area (Å²) in [5, 5.41) is 12.6. The minimum Gasteiger partial charge on any atom is -0.508 e. The van der Waals surface area contributed by atoms with Gasteiger partial charge in [0.25, 0.3) is 0 Å².